The van der Waals surface area contributed by atoms with Crippen LogP contribution in [-0.2, 0) is 22.7 Å². The number of aromatic nitrogens is 6. The molecule has 0 saturated carbocycles. The molecular formula is C30H22Cl2N6O5. The van der Waals surface area contributed by atoms with Crippen LogP contribution in [-0.4, -0.2) is 45.7 Å². The third-order valence-electron chi connectivity index (χ3n) is 7.16. The molecule has 0 atom stereocenters. The van der Waals surface area contributed by atoms with E-state index in [1.807, 2.05) is 36.4 Å². The Labute approximate surface area is 252 Å². The van der Waals surface area contributed by atoms with Gasteiger partial charge in [-0.15, -0.1) is 0 Å². The van der Waals surface area contributed by atoms with Crippen LogP contribution in [0.3, 0.4) is 0 Å². The van der Waals surface area contributed by atoms with Crippen LogP contribution in [0.5, 0.6) is 0 Å². The fourth-order valence-electron chi connectivity index (χ4n) is 5.00. The second-order valence-electron chi connectivity index (χ2n) is 9.81. The number of carbonyl (C=O) groups is 2. The number of carboxylic acid groups (broad SMARTS) is 1. The van der Waals surface area contributed by atoms with Crippen molar-refractivity contribution in [2.45, 2.75) is 25.9 Å². The summed E-state index contributed by atoms with van der Waals surface area (Å²) in [6.45, 7) is 0.249. The molecule has 0 radical (unpaired) electrons. The molecule has 0 bridgehead atoms. The molecule has 4 aromatic heterocycles. The van der Waals surface area contributed by atoms with Crippen molar-refractivity contribution in [2.24, 2.45) is 0 Å². The fraction of sp³-hybridized carbons (Fsp3) is 0.133. The Balaban J connectivity index is 1.39. The van der Waals surface area contributed by atoms with Crippen LogP contribution in [0.2, 0.25) is 10.0 Å². The highest BCUT2D eigenvalue weighted by Crippen LogP contribution is 2.42. The molecule has 0 aliphatic heterocycles. The first-order valence-corrected chi connectivity index (χ1v) is 13.9. The zero-order valence-electron chi connectivity index (χ0n) is 22.4. The van der Waals surface area contributed by atoms with E-state index in [-0.39, 0.29) is 42.6 Å². The van der Waals surface area contributed by atoms with E-state index in [0.29, 0.717) is 48.9 Å². The van der Waals surface area contributed by atoms with Crippen molar-refractivity contribution in [2.75, 3.05) is 0 Å². The standard InChI is InChI=1S/C30H22Cl2N6O5/c31-27-20(18-12-24-29(42)35(9-3-11-39)16-33-37(24)14-18)4-1-6-22(27)23-7-2-5-21(28(23)32)19-13-25-30(43)36(10-8-26(40)41)17-34-38(25)15-19/h1-2,4-7,11-17H,3,8-10H2,(H,40,41). The van der Waals surface area contributed by atoms with Gasteiger partial charge in [0.15, 0.2) is 0 Å². The first-order valence-electron chi connectivity index (χ1n) is 13.2. The zero-order valence-corrected chi connectivity index (χ0v) is 23.9. The molecule has 0 aliphatic rings. The van der Waals surface area contributed by atoms with Crippen molar-refractivity contribution < 1.29 is 14.7 Å². The van der Waals surface area contributed by atoms with Crippen LogP contribution in [0, 0.1) is 0 Å². The Kier molecular flexibility index (Phi) is 7.43. The maximum absolute atomic E-state index is 12.9. The number of fused-ring (bicyclic) bond motifs is 2. The van der Waals surface area contributed by atoms with Crippen molar-refractivity contribution in [1.82, 2.24) is 28.4 Å². The summed E-state index contributed by atoms with van der Waals surface area (Å²) < 4.78 is 5.57. The van der Waals surface area contributed by atoms with Crippen molar-refractivity contribution in [3.05, 3.63) is 104 Å². The van der Waals surface area contributed by atoms with E-state index in [9.17, 15) is 19.2 Å². The summed E-state index contributed by atoms with van der Waals surface area (Å²) in [5, 5.41) is 18.4. The minimum Gasteiger partial charge on any atom is -0.481 e. The number of carbonyl (C=O) groups excluding carboxylic acids is 1. The summed E-state index contributed by atoms with van der Waals surface area (Å²) in [4.78, 5) is 47.6. The summed E-state index contributed by atoms with van der Waals surface area (Å²) in [6, 6.07) is 14.4. The molecule has 11 nitrogen and oxygen atoms in total. The molecule has 0 unspecified atom stereocenters. The second-order valence-corrected chi connectivity index (χ2v) is 10.6. The molecule has 6 aromatic rings. The monoisotopic (exact) mass is 616 g/mol. The first-order chi connectivity index (χ1) is 20.8. The molecule has 0 fully saturated rings. The number of benzene rings is 2. The van der Waals surface area contributed by atoms with Gasteiger partial charge >= 0.3 is 5.97 Å². The normalized spacial score (nSPS) is 11.4. The first kappa shape index (κ1) is 28.1. The van der Waals surface area contributed by atoms with Gasteiger partial charge in [-0.05, 0) is 12.1 Å². The quantitative estimate of drug-likeness (QED) is 0.233. The van der Waals surface area contributed by atoms with E-state index in [1.54, 1.807) is 24.5 Å². The number of hydrogen-bond acceptors (Lipinski definition) is 6. The van der Waals surface area contributed by atoms with Crippen LogP contribution in [0.15, 0.2) is 83.2 Å². The third kappa shape index (κ3) is 5.13. The highest BCUT2D eigenvalue weighted by molar-refractivity contribution is 6.39. The molecule has 0 aliphatic carbocycles. The largest absolute Gasteiger partial charge is 0.481 e. The molecular weight excluding hydrogens is 595 g/mol. The molecule has 216 valence electrons. The molecule has 43 heavy (non-hydrogen) atoms. The van der Waals surface area contributed by atoms with Gasteiger partial charge in [0.05, 0.1) is 16.5 Å². The molecule has 2 aromatic carbocycles. The van der Waals surface area contributed by atoms with Gasteiger partial charge in [0.2, 0.25) is 0 Å². The molecule has 13 heteroatoms. The SMILES string of the molecule is O=CCCn1cnn2cc(-c3cccc(-c4cccc(-c5cc6c(=O)n(CCC(=O)O)cnn6c5)c4Cl)c3Cl)cc2c1=O. The van der Waals surface area contributed by atoms with Crippen LogP contribution in [0.4, 0.5) is 0 Å². The van der Waals surface area contributed by atoms with Crippen molar-refractivity contribution in [3.63, 3.8) is 0 Å². The van der Waals surface area contributed by atoms with Gasteiger partial charge in [-0.2, -0.15) is 10.2 Å². The predicted molar refractivity (Wildman–Crippen MR) is 162 cm³/mol. The lowest BCUT2D eigenvalue weighted by atomic mass is 9.97. The Bertz CT molecular complexity index is 2180. The number of aliphatic carboxylic acids is 1. The van der Waals surface area contributed by atoms with Crippen molar-refractivity contribution in [3.8, 4) is 33.4 Å². The van der Waals surface area contributed by atoms with Crippen LogP contribution >= 0.6 is 23.2 Å². The Morgan fingerprint density at radius 3 is 1.70 bits per heavy atom. The van der Waals surface area contributed by atoms with Gasteiger partial charge in [0.25, 0.3) is 11.1 Å². The van der Waals surface area contributed by atoms with E-state index in [0.717, 1.165) is 6.29 Å². The van der Waals surface area contributed by atoms with Crippen LogP contribution in [0.1, 0.15) is 12.8 Å². The number of halogens is 2. The highest BCUT2D eigenvalue weighted by atomic mass is 35.5. The minimum absolute atomic E-state index is 0.00702. The number of nitrogens with zero attached hydrogens (tertiary/aromatic N) is 6. The van der Waals surface area contributed by atoms with Crippen molar-refractivity contribution >= 4 is 46.5 Å². The molecule has 1 N–H and O–H groups in total. The van der Waals surface area contributed by atoms with Gasteiger partial charge in [-0.3, -0.25) is 23.5 Å². The van der Waals surface area contributed by atoms with E-state index in [4.69, 9.17) is 28.3 Å². The smallest absolute Gasteiger partial charge is 0.305 e. The van der Waals surface area contributed by atoms with Gasteiger partial charge < -0.3 is 9.90 Å². The number of hydrogen-bond donors (Lipinski definition) is 1. The summed E-state index contributed by atoms with van der Waals surface area (Å²) in [7, 11) is 0. The van der Waals surface area contributed by atoms with Crippen molar-refractivity contribution in [1.29, 1.82) is 0 Å². The van der Waals surface area contributed by atoms with Crippen LogP contribution in [0.25, 0.3) is 44.4 Å². The molecule has 0 amide bonds. The van der Waals surface area contributed by atoms with E-state index in [2.05, 4.69) is 10.2 Å². The maximum Gasteiger partial charge on any atom is 0.305 e. The zero-order chi connectivity index (χ0) is 30.2. The van der Waals surface area contributed by atoms with E-state index in [1.165, 1.54) is 30.8 Å². The second kappa shape index (κ2) is 11.3. The lowest BCUT2D eigenvalue weighted by Gasteiger charge is -2.13. The highest BCUT2D eigenvalue weighted by Gasteiger charge is 2.18. The summed E-state index contributed by atoms with van der Waals surface area (Å²) in [5.74, 6) is -1.01. The summed E-state index contributed by atoms with van der Waals surface area (Å²) in [6.07, 6.45) is 6.87. The average molecular weight is 617 g/mol. The summed E-state index contributed by atoms with van der Waals surface area (Å²) in [5.41, 5.74) is 3.97. The number of rotatable bonds is 9. The fourth-order valence-corrected chi connectivity index (χ4v) is 5.67. The molecule has 4 heterocycles. The van der Waals surface area contributed by atoms with Gasteiger partial charge in [0, 0.05) is 65.3 Å². The summed E-state index contributed by atoms with van der Waals surface area (Å²) >= 11 is 13.9. The number of carboxylic acids is 1. The lowest BCUT2D eigenvalue weighted by molar-refractivity contribution is -0.137. The number of aldehydes is 1. The Morgan fingerprint density at radius 2 is 1.23 bits per heavy atom. The van der Waals surface area contributed by atoms with E-state index < -0.39 is 5.97 Å². The molecule has 6 rings (SSSR count). The number of aryl methyl sites for hydroxylation is 2. The lowest BCUT2D eigenvalue weighted by Crippen LogP contribution is -2.23. The minimum atomic E-state index is -1.01. The van der Waals surface area contributed by atoms with E-state index >= 15 is 0 Å². The van der Waals surface area contributed by atoms with Gasteiger partial charge in [-0.25, -0.2) is 9.03 Å². The molecule has 0 spiro atoms. The predicted octanol–water partition coefficient (Wildman–Crippen LogP) is 4.68. The topological polar surface area (TPSA) is 133 Å². The maximum atomic E-state index is 12.9. The van der Waals surface area contributed by atoms with Crippen LogP contribution < -0.4 is 11.1 Å². The Morgan fingerprint density at radius 1 is 0.767 bits per heavy atom. The van der Waals surface area contributed by atoms with Gasteiger partial charge in [0.1, 0.15) is 30.0 Å². The molecule has 0 saturated heterocycles. The Hall–Kier alpha value is -5.00. The van der Waals surface area contributed by atoms with Gasteiger partial charge in [-0.1, -0.05) is 59.6 Å². The average Bonchev–Trinajstić information content (AvgIpc) is 3.63. The third-order valence-corrected chi connectivity index (χ3v) is 7.97.